The molecule has 1 aliphatic heterocycles. The SMILES string of the molecule is Cc1ccc(CNC(=O)CSc2nc3ccc(N4C(=O)c5c(Br)c(Br)c(Br)c(Br)c5C4=O)cc3s2)cc1. The Morgan fingerprint density at radius 2 is 1.57 bits per heavy atom. The van der Waals surface area contributed by atoms with Crippen molar-refractivity contribution in [1.29, 1.82) is 0 Å². The number of thioether (sulfide) groups is 1. The minimum atomic E-state index is -0.413. The zero-order valence-electron chi connectivity index (χ0n) is 18.9. The fourth-order valence-electron chi connectivity index (χ4n) is 3.76. The van der Waals surface area contributed by atoms with Crippen molar-refractivity contribution in [3.8, 4) is 0 Å². The lowest BCUT2D eigenvalue weighted by atomic mass is 10.1. The third-order valence-electron chi connectivity index (χ3n) is 5.65. The van der Waals surface area contributed by atoms with Crippen LogP contribution in [0, 0.1) is 6.92 Å². The van der Waals surface area contributed by atoms with E-state index < -0.39 is 11.8 Å². The van der Waals surface area contributed by atoms with E-state index in [0.717, 1.165) is 20.1 Å². The third-order valence-corrected chi connectivity index (χ3v) is 12.6. The molecule has 0 aliphatic carbocycles. The molecule has 0 spiro atoms. The number of aromatic nitrogens is 1. The van der Waals surface area contributed by atoms with Gasteiger partial charge in [-0.25, -0.2) is 9.88 Å². The highest BCUT2D eigenvalue weighted by Gasteiger charge is 2.42. The normalized spacial score (nSPS) is 12.9. The number of hydrogen-bond acceptors (Lipinski definition) is 6. The van der Waals surface area contributed by atoms with E-state index in [1.807, 2.05) is 31.2 Å². The fraction of sp³-hybridized carbons (Fsp3) is 0.120. The molecule has 0 atom stereocenters. The lowest BCUT2D eigenvalue weighted by molar-refractivity contribution is -0.118. The molecule has 5 rings (SSSR count). The maximum atomic E-state index is 13.3. The number of carbonyl (C=O) groups is 3. The molecule has 188 valence electrons. The predicted molar refractivity (Wildman–Crippen MR) is 162 cm³/mol. The maximum Gasteiger partial charge on any atom is 0.267 e. The molecule has 0 saturated carbocycles. The number of rotatable bonds is 6. The van der Waals surface area contributed by atoms with Crippen molar-refractivity contribution in [2.75, 3.05) is 10.7 Å². The lowest BCUT2D eigenvalue weighted by Crippen LogP contribution is -2.29. The molecule has 6 nitrogen and oxygen atoms in total. The Hall–Kier alpha value is -1.57. The molecule has 3 amide bonds. The Morgan fingerprint density at radius 1 is 0.946 bits per heavy atom. The van der Waals surface area contributed by atoms with Crippen LogP contribution in [-0.4, -0.2) is 28.5 Å². The molecule has 4 aromatic rings. The molecule has 1 N–H and O–H groups in total. The summed E-state index contributed by atoms with van der Waals surface area (Å²) in [5, 5.41) is 2.93. The van der Waals surface area contributed by atoms with Gasteiger partial charge in [-0.1, -0.05) is 41.6 Å². The second kappa shape index (κ2) is 10.9. The lowest BCUT2D eigenvalue weighted by Gasteiger charge is -2.13. The van der Waals surface area contributed by atoms with Crippen LogP contribution in [0.2, 0.25) is 0 Å². The monoisotopic (exact) mass is 785 g/mol. The summed E-state index contributed by atoms with van der Waals surface area (Å²) in [6.07, 6.45) is 0. The average Bonchev–Trinajstić information content (AvgIpc) is 3.41. The van der Waals surface area contributed by atoms with Gasteiger partial charge in [0.15, 0.2) is 4.34 Å². The highest BCUT2D eigenvalue weighted by molar-refractivity contribution is 9.15. The second-order valence-electron chi connectivity index (χ2n) is 8.13. The van der Waals surface area contributed by atoms with Crippen LogP contribution in [-0.2, 0) is 11.3 Å². The Balaban J connectivity index is 1.31. The Morgan fingerprint density at radius 3 is 2.19 bits per heavy atom. The first-order valence-corrected chi connectivity index (χ1v) is 15.7. The van der Waals surface area contributed by atoms with Crippen LogP contribution in [0.5, 0.6) is 0 Å². The van der Waals surface area contributed by atoms with Crippen molar-refractivity contribution in [3.63, 3.8) is 0 Å². The molecule has 0 radical (unpaired) electrons. The number of nitrogens with one attached hydrogen (secondary N) is 1. The van der Waals surface area contributed by atoms with Crippen molar-refractivity contribution in [3.05, 3.63) is 82.6 Å². The van der Waals surface area contributed by atoms with Crippen LogP contribution in [0.4, 0.5) is 5.69 Å². The van der Waals surface area contributed by atoms with Gasteiger partial charge in [-0.05, 0) is 94.4 Å². The van der Waals surface area contributed by atoms with Gasteiger partial charge in [0, 0.05) is 24.4 Å². The molecule has 12 heteroatoms. The molecular formula is C25H15Br4N3O3S2. The largest absolute Gasteiger partial charge is 0.351 e. The van der Waals surface area contributed by atoms with Crippen LogP contribution in [0.25, 0.3) is 10.2 Å². The molecule has 1 aromatic heterocycles. The first-order valence-electron chi connectivity index (χ1n) is 10.8. The maximum absolute atomic E-state index is 13.3. The number of fused-ring (bicyclic) bond motifs is 2. The number of nitrogens with zero attached hydrogens (tertiary/aromatic N) is 2. The molecular weight excluding hydrogens is 774 g/mol. The van der Waals surface area contributed by atoms with E-state index in [4.69, 9.17) is 0 Å². The van der Waals surface area contributed by atoms with Crippen LogP contribution < -0.4 is 10.2 Å². The van der Waals surface area contributed by atoms with Gasteiger partial charge in [0.25, 0.3) is 11.8 Å². The van der Waals surface area contributed by atoms with Crippen molar-refractivity contribution >= 4 is 120 Å². The zero-order valence-corrected chi connectivity index (χ0v) is 26.9. The van der Waals surface area contributed by atoms with Gasteiger partial charge in [-0.2, -0.15) is 0 Å². The molecule has 37 heavy (non-hydrogen) atoms. The topological polar surface area (TPSA) is 79.4 Å². The number of halogens is 4. The van der Waals surface area contributed by atoms with Gasteiger partial charge in [0.05, 0.1) is 32.8 Å². The Kier molecular flexibility index (Phi) is 7.95. The van der Waals surface area contributed by atoms with Crippen LogP contribution in [0.15, 0.2) is 64.7 Å². The van der Waals surface area contributed by atoms with Gasteiger partial charge in [0.1, 0.15) is 0 Å². The van der Waals surface area contributed by atoms with E-state index in [-0.39, 0.29) is 11.7 Å². The van der Waals surface area contributed by atoms with E-state index in [1.165, 1.54) is 33.6 Å². The molecule has 0 bridgehead atoms. The Bertz CT molecular complexity index is 1560. The summed E-state index contributed by atoms with van der Waals surface area (Å²) in [6, 6.07) is 13.3. The number of imide groups is 1. The second-order valence-corrected chi connectivity index (χ2v) is 13.6. The molecule has 0 saturated heterocycles. The minimum Gasteiger partial charge on any atom is -0.351 e. The summed E-state index contributed by atoms with van der Waals surface area (Å²) in [4.78, 5) is 44.7. The van der Waals surface area contributed by atoms with E-state index >= 15 is 0 Å². The average molecular weight is 789 g/mol. The van der Waals surface area contributed by atoms with Gasteiger partial charge >= 0.3 is 0 Å². The number of hydrogen-bond donors (Lipinski definition) is 1. The van der Waals surface area contributed by atoms with Crippen molar-refractivity contribution in [1.82, 2.24) is 10.3 Å². The van der Waals surface area contributed by atoms with Crippen molar-refractivity contribution in [2.45, 2.75) is 17.8 Å². The molecule has 3 aromatic carbocycles. The molecule has 1 aliphatic rings. The van der Waals surface area contributed by atoms with Gasteiger partial charge in [-0.15, -0.1) is 11.3 Å². The Labute approximate surface area is 254 Å². The smallest absolute Gasteiger partial charge is 0.267 e. The van der Waals surface area contributed by atoms with E-state index in [0.29, 0.717) is 41.2 Å². The summed E-state index contributed by atoms with van der Waals surface area (Å²) in [6.45, 7) is 2.50. The van der Waals surface area contributed by atoms with Gasteiger partial charge < -0.3 is 5.32 Å². The van der Waals surface area contributed by atoms with Gasteiger partial charge in [0.2, 0.25) is 5.91 Å². The number of benzene rings is 3. The van der Waals surface area contributed by atoms with Gasteiger partial charge in [-0.3, -0.25) is 14.4 Å². The van der Waals surface area contributed by atoms with Crippen LogP contribution in [0.1, 0.15) is 31.8 Å². The standard InChI is InChI=1S/C25H15Br4N3O3S2/c1-11-2-4-12(5-3-11)9-30-16(33)10-36-25-31-14-7-6-13(8-15(14)37-25)32-23(34)17-18(24(32)35)20(27)22(29)21(28)19(17)26/h2-8H,9-10H2,1H3,(H,30,33). The highest BCUT2D eigenvalue weighted by atomic mass is 79.9. The predicted octanol–water partition coefficient (Wildman–Crippen LogP) is 7.86. The quantitative estimate of drug-likeness (QED) is 0.0932. The molecule has 0 fully saturated rings. The fourth-order valence-corrected chi connectivity index (χ4v) is 8.15. The van der Waals surface area contributed by atoms with Crippen molar-refractivity contribution in [2.24, 2.45) is 0 Å². The van der Waals surface area contributed by atoms with Crippen LogP contribution >= 0.6 is 86.8 Å². The summed E-state index contributed by atoms with van der Waals surface area (Å²) >= 11 is 16.5. The summed E-state index contributed by atoms with van der Waals surface area (Å²) in [5.74, 6) is -0.665. The van der Waals surface area contributed by atoms with E-state index in [2.05, 4.69) is 74.0 Å². The zero-order chi connectivity index (χ0) is 26.4. The number of amides is 3. The number of carbonyl (C=O) groups excluding carboxylic acids is 3. The summed E-state index contributed by atoms with van der Waals surface area (Å²) in [5.41, 5.74) is 4.01. The van der Waals surface area contributed by atoms with E-state index in [9.17, 15) is 14.4 Å². The highest BCUT2D eigenvalue weighted by Crippen LogP contribution is 2.46. The molecule has 2 heterocycles. The van der Waals surface area contributed by atoms with E-state index in [1.54, 1.807) is 18.2 Å². The first kappa shape index (κ1) is 27.0. The molecule has 0 unspecified atom stereocenters. The number of aryl methyl sites for hydroxylation is 1. The third kappa shape index (κ3) is 5.20. The number of anilines is 1. The minimum absolute atomic E-state index is 0.0787. The van der Waals surface area contributed by atoms with Crippen molar-refractivity contribution < 1.29 is 14.4 Å². The number of thiazole rings is 1. The van der Waals surface area contributed by atoms with Crippen LogP contribution in [0.3, 0.4) is 0 Å². The summed E-state index contributed by atoms with van der Waals surface area (Å²) < 4.78 is 3.86. The first-order chi connectivity index (χ1) is 17.7. The summed E-state index contributed by atoms with van der Waals surface area (Å²) in [7, 11) is 0.